The maximum Gasteiger partial charge on any atom is 0.245 e. The van der Waals surface area contributed by atoms with Gasteiger partial charge in [-0.2, -0.15) is 10.4 Å². The van der Waals surface area contributed by atoms with Crippen LogP contribution in [-0.4, -0.2) is 25.7 Å². The third-order valence-corrected chi connectivity index (χ3v) is 7.24. The van der Waals surface area contributed by atoms with Gasteiger partial charge in [-0.15, -0.1) is 0 Å². The van der Waals surface area contributed by atoms with E-state index >= 15 is 0 Å². The quantitative estimate of drug-likeness (QED) is 0.334. The summed E-state index contributed by atoms with van der Waals surface area (Å²) in [5.41, 5.74) is 3.40. The van der Waals surface area contributed by atoms with E-state index in [1.165, 1.54) is 0 Å². The molecule has 7 nitrogen and oxygen atoms in total. The highest BCUT2D eigenvalue weighted by Crippen LogP contribution is 2.39. The molecule has 2 heterocycles. The minimum atomic E-state index is -1.58. The van der Waals surface area contributed by atoms with Gasteiger partial charge < -0.3 is 5.32 Å². The number of para-hydroxylation sites is 1. The molecule has 1 N–H and O–H groups in total. The Bertz CT molecular complexity index is 1490. The van der Waals surface area contributed by atoms with Gasteiger partial charge in [0, 0.05) is 22.6 Å². The molecule has 4 aromatic rings. The van der Waals surface area contributed by atoms with Crippen LogP contribution in [0.2, 0.25) is 0 Å². The van der Waals surface area contributed by atoms with Crippen molar-refractivity contribution in [3.05, 3.63) is 102 Å². The molecule has 1 aliphatic heterocycles. The molecule has 0 saturated heterocycles. The third kappa shape index (κ3) is 4.18. The molecule has 0 spiro atoms. The Balaban J connectivity index is 1.55. The predicted octanol–water partition coefficient (Wildman–Crippen LogP) is 3.80. The molecule has 3 aromatic carbocycles. The van der Waals surface area contributed by atoms with Crippen LogP contribution in [0, 0.1) is 17.2 Å². The summed E-state index contributed by atoms with van der Waals surface area (Å²) in [6.45, 7) is 0.194. The van der Waals surface area contributed by atoms with Crippen molar-refractivity contribution in [3.63, 3.8) is 0 Å². The normalized spacial score (nSPS) is 14.8. The predicted molar refractivity (Wildman–Crippen MR) is 131 cm³/mol. The van der Waals surface area contributed by atoms with Crippen LogP contribution < -0.4 is 5.32 Å². The van der Waals surface area contributed by atoms with Crippen molar-refractivity contribution >= 4 is 22.5 Å². The molecule has 0 fully saturated rings. The van der Waals surface area contributed by atoms with Crippen LogP contribution in [0.1, 0.15) is 21.6 Å². The summed E-state index contributed by atoms with van der Waals surface area (Å²) in [5.74, 6) is -2.90. The number of hydrogen-bond acceptors (Lipinski definition) is 5. The highest BCUT2D eigenvalue weighted by atomic mass is 32.2. The van der Waals surface area contributed by atoms with Crippen molar-refractivity contribution in [3.8, 4) is 23.0 Å². The lowest BCUT2D eigenvalue weighted by Gasteiger charge is -2.18. The summed E-state index contributed by atoms with van der Waals surface area (Å²) in [4.78, 5) is 27.0. The minimum absolute atomic E-state index is 0.00637. The Kier molecular flexibility index (Phi) is 6.08. The Labute approximate surface area is 204 Å². The summed E-state index contributed by atoms with van der Waals surface area (Å²) in [7, 11) is -1.39. The van der Waals surface area contributed by atoms with Crippen LogP contribution in [0.5, 0.6) is 0 Å². The molecule has 0 saturated carbocycles. The maximum absolute atomic E-state index is 13.5. The summed E-state index contributed by atoms with van der Waals surface area (Å²) in [5, 5.41) is 17.0. The zero-order valence-electron chi connectivity index (χ0n) is 18.5. The zero-order chi connectivity index (χ0) is 24.4. The fraction of sp³-hybridized carbons (Fsp3) is 0.111. The standard InChI is InChI=1S/C27H20N4O3S/c28-15-21(27(33)29-16-18-9-3-1-4-10-18)26(32)24-22-17-35(34)23-14-8-7-13-20(23)25(22)31(30-24)19-11-5-2-6-12-19/h1-14,21H,16-17H2,(H,29,33). The first-order valence-electron chi connectivity index (χ1n) is 11.0. The number of aromatic nitrogens is 2. The van der Waals surface area contributed by atoms with Crippen LogP contribution >= 0.6 is 0 Å². The van der Waals surface area contributed by atoms with Gasteiger partial charge in [0.2, 0.25) is 11.7 Å². The Morgan fingerprint density at radius 2 is 1.66 bits per heavy atom. The van der Waals surface area contributed by atoms with E-state index in [2.05, 4.69) is 10.4 Å². The smallest absolute Gasteiger partial charge is 0.245 e. The average molecular weight is 481 g/mol. The highest BCUT2D eigenvalue weighted by Gasteiger charge is 2.36. The van der Waals surface area contributed by atoms with Gasteiger partial charge in [-0.05, 0) is 23.8 Å². The van der Waals surface area contributed by atoms with Gasteiger partial charge >= 0.3 is 0 Å². The first kappa shape index (κ1) is 22.4. The molecule has 2 atom stereocenters. The molecule has 0 radical (unpaired) electrons. The van der Waals surface area contributed by atoms with E-state index in [1.54, 1.807) is 10.7 Å². The van der Waals surface area contributed by atoms with Crippen molar-refractivity contribution in [2.45, 2.75) is 17.2 Å². The number of nitriles is 1. The fourth-order valence-corrected chi connectivity index (χ4v) is 5.48. The lowest BCUT2D eigenvalue weighted by Crippen LogP contribution is -2.35. The first-order chi connectivity index (χ1) is 17.1. The molecule has 2 unspecified atom stereocenters. The Morgan fingerprint density at radius 3 is 2.37 bits per heavy atom. The van der Waals surface area contributed by atoms with E-state index < -0.39 is 28.4 Å². The van der Waals surface area contributed by atoms with E-state index in [0.29, 0.717) is 27.4 Å². The SMILES string of the molecule is N#CC(C(=O)NCc1ccccc1)C(=O)c1nn(-c2ccccc2)c2c1CS(=O)c1ccccc1-2. The number of benzene rings is 3. The van der Waals surface area contributed by atoms with Crippen LogP contribution in [0.25, 0.3) is 16.9 Å². The van der Waals surface area contributed by atoms with Gasteiger partial charge in [-0.25, -0.2) is 4.68 Å². The summed E-state index contributed by atoms with van der Waals surface area (Å²) >= 11 is 0. The topological polar surface area (TPSA) is 105 Å². The Morgan fingerprint density at radius 1 is 1.00 bits per heavy atom. The second-order valence-electron chi connectivity index (χ2n) is 8.04. The van der Waals surface area contributed by atoms with Crippen LogP contribution in [0.15, 0.2) is 89.8 Å². The van der Waals surface area contributed by atoms with Crippen molar-refractivity contribution in [2.24, 2.45) is 5.92 Å². The number of carbonyl (C=O) groups excluding carboxylic acids is 2. The number of Topliss-reactive ketones (excluding diaryl/α,β-unsaturated/α-hetero) is 1. The van der Waals surface area contributed by atoms with E-state index in [9.17, 15) is 19.1 Å². The number of nitrogens with one attached hydrogen (secondary N) is 1. The van der Waals surface area contributed by atoms with Crippen LogP contribution in [-0.2, 0) is 27.9 Å². The van der Waals surface area contributed by atoms with E-state index in [1.807, 2.05) is 84.9 Å². The van der Waals surface area contributed by atoms with Crippen LogP contribution in [0.3, 0.4) is 0 Å². The molecular weight excluding hydrogens is 460 g/mol. The second kappa shape index (κ2) is 9.49. The summed E-state index contributed by atoms with van der Waals surface area (Å²) in [6, 6.07) is 27.6. The van der Waals surface area contributed by atoms with Crippen molar-refractivity contribution in [1.82, 2.24) is 15.1 Å². The van der Waals surface area contributed by atoms with Gasteiger partial charge in [-0.1, -0.05) is 66.7 Å². The van der Waals surface area contributed by atoms with Crippen LogP contribution in [0.4, 0.5) is 0 Å². The van der Waals surface area contributed by atoms with E-state index in [4.69, 9.17) is 0 Å². The Hall–Kier alpha value is -4.35. The van der Waals surface area contributed by atoms with Gasteiger partial charge in [0.25, 0.3) is 0 Å². The molecule has 0 aliphatic carbocycles. The molecule has 1 amide bonds. The maximum atomic E-state index is 13.5. The number of rotatable bonds is 6. The second-order valence-corrected chi connectivity index (χ2v) is 9.46. The molecule has 1 aliphatic rings. The summed E-state index contributed by atoms with van der Waals surface area (Å²) in [6.07, 6.45) is 0. The number of ketones is 1. The molecule has 1 aromatic heterocycles. The average Bonchev–Trinajstić information content (AvgIpc) is 3.28. The fourth-order valence-electron chi connectivity index (χ4n) is 4.15. The molecular formula is C27H20N4O3S. The molecule has 0 bridgehead atoms. The van der Waals surface area contributed by atoms with Crippen molar-refractivity contribution in [2.75, 3.05) is 0 Å². The number of amides is 1. The lowest BCUT2D eigenvalue weighted by molar-refractivity contribution is -0.122. The molecule has 172 valence electrons. The van der Waals surface area contributed by atoms with Gasteiger partial charge in [0.1, 0.15) is 5.69 Å². The van der Waals surface area contributed by atoms with E-state index in [0.717, 1.165) is 5.56 Å². The highest BCUT2D eigenvalue weighted by molar-refractivity contribution is 7.84. The monoisotopic (exact) mass is 480 g/mol. The van der Waals surface area contributed by atoms with Gasteiger partial charge in [-0.3, -0.25) is 13.8 Å². The molecule has 5 rings (SSSR count). The molecule has 8 heteroatoms. The van der Waals surface area contributed by atoms with Crippen molar-refractivity contribution in [1.29, 1.82) is 5.26 Å². The number of carbonyl (C=O) groups is 2. The zero-order valence-corrected chi connectivity index (χ0v) is 19.4. The minimum Gasteiger partial charge on any atom is -0.350 e. The van der Waals surface area contributed by atoms with E-state index in [-0.39, 0.29) is 18.0 Å². The third-order valence-electron chi connectivity index (χ3n) is 5.84. The van der Waals surface area contributed by atoms with Gasteiger partial charge in [0.15, 0.2) is 5.92 Å². The summed E-state index contributed by atoms with van der Waals surface area (Å²) < 4.78 is 14.7. The number of nitrogens with zero attached hydrogens (tertiary/aromatic N) is 3. The largest absolute Gasteiger partial charge is 0.350 e. The number of fused-ring (bicyclic) bond motifs is 3. The number of hydrogen-bond donors (Lipinski definition) is 1. The lowest BCUT2D eigenvalue weighted by atomic mass is 9.97. The molecule has 35 heavy (non-hydrogen) atoms. The van der Waals surface area contributed by atoms with Crippen molar-refractivity contribution < 1.29 is 13.8 Å². The van der Waals surface area contributed by atoms with Gasteiger partial charge in [0.05, 0.1) is 34.0 Å². The first-order valence-corrected chi connectivity index (χ1v) is 12.3.